The van der Waals surface area contributed by atoms with Crippen LogP contribution in [0, 0.1) is 5.82 Å². The van der Waals surface area contributed by atoms with Crippen molar-refractivity contribution in [2.75, 3.05) is 0 Å². The second-order valence-electron chi connectivity index (χ2n) is 4.08. The Hall–Kier alpha value is -0.940. The monoisotopic (exact) mass is 259 g/mol. The van der Waals surface area contributed by atoms with E-state index in [4.69, 9.17) is 5.14 Å². The van der Waals surface area contributed by atoms with E-state index in [1.54, 1.807) is 6.07 Å². The normalized spacial score (nSPS) is 11.7. The zero-order valence-corrected chi connectivity index (χ0v) is 10.8. The van der Waals surface area contributed by atoms with Crippen molar-refractivity contribution in [3.05, 3.63) is 29.6 Å². The van der Waals surface area contributed by atoms with E-state index in [9.17, 15) is 12.8 Å². The molecule has 3 nitrogen and oxygen atoms in total. The standard InChI is InChI=1S/C12H18FNO2S/c1-2-3-4-5-7-10-8-6-9-11(12(10)13)17(14,15)16/h6,8-9H,2-5,7H2,1H3,(H2,14,15,16). The Morgan fingerprint density at radius 2 is 1.94 bits per heavy atom. The molecule has 0 saturated carbocycles. The summed E-state index contributed by atoms with van der Waals surface area (Å²) >= 11 is 0. The van der Waals surface area contributed by atoms with Gasteiger partial charge in [0, 0.05) is 0 Å². The molecule has 0 aromatic heterocycles. The maximum atomic E-state index is 13.8. The first-order valence-corrected chi connectivity index (χ1v) is 7.31. The van der Waals surface area contributed by atoms with Gasteiger partial charge in [0.25, 0.3) is 0 Å². The fourth-order valence-corrected chi connectivity index (χ4v) is 2.36. The van der Waals surface area contributed by atoms with Crippen LogP contribution in [0.2, 0.25) is 0 Å². The lowest BCUT2D eigenvalue weighted by molar-refractivity contribution is 0.552. The Morgan fingerprint density at radius 3 is 2.53 bits per heavy atom. The number of unbranched alkanes of at least 4 members (excludes halogenated alkanes) is 3. The van der Waals surface area contributed by atoms with Crippen LogP contribution in [0.4, 0.5) is 4.39 Å². The Labute approximate surface area is 102 Å². The van der Waals surface area contributed by atoms with E-state index in [0.29, 0.717) is 12.0 Å². The summed E-state index contributed by atoms with van der Waals surface area (Å²) in [6.45, 7) is 2.10. The molecule has 0 aliphatic rings. The van der Waals surface area contributed by atoms with Gasteiger partial charge in [0.05, 0.1) is 0 Å². The summed E-state index contributed by atoms with van der Waals surface area (Å²) in [5.41, 5.74) is 0.424. The molecule has 2 N–H and O–H groups in total. The molecule has 0 aliphatic heterocycles. The minimum absolute atomic E-state index is 0.412. The number of benzene rings is 1. The third kappa shape index (κ3) is 4.09. The molecule has 96 valence electrons. The van der Waals surface area contributed by atoms with Crippen LogP contribution in [0.15, 0.2) is 23.1 Å². The Morgan fingerprint density at radius 1 is 1.24 bits per heavy atom. The Kier molecular flexibility index (Phi) is 5.08. The molecule has 0 aliphatic carbocycles. The lowest BCUT2D eigenvalue weighted by Gasteiger charge is -2.06. The highest BCUT2D eigenvalue weighted by atomic mass is 32.2. The number of halogens is 1. The summed E-state index contributed by atoms with van der Waals surface area (Å²) in [7, 11) is -3.97. The summed E-state index contributed by atoms with van der Waals surface area (Å²) in [6.07, 6.45) is 4.65. The molecule has 17 heavy (non-hydrogen) atoms. The number of primary sulfonamides is 1. The highest BCUT2D eigenvalue weighted by Crippen LogP contribution is 2.18. The van der Waals surface area contributed by atoms with Gasteiger partial charge in [0.15, 0.2) is 0 Å². The Balaban J connectivity index is 2.81. The molecule has 0 amide bonds. The zero-order valence-electron chi connectivity index (χ0n) is 9.95. The molecule has 0 heterocycles. The molecule has 0 saturated heterocycles. The molecule has 1 rings (SSSR count). The summed E-state index contributed by atoms with van der Waals surface area (Å²) in [4.78, 5) is -0.412. The van der Waals surface area contributed by atoms with Crippen LogP contribution in [0.5, 0.6) is 0 Å². The van der Waals surface area contributed by atoms with Crippen molar-refractivity contribution in [1.29, 1.82) is 0 Å². The van der Waals surface area contributed by atoms with E-state index in [1.807, 2.05) is 0 Å². The number of nitrogens with two attached hydrogens (primary N) is 1. The van der Waals surface area contributed by atoms with Crippen molar-refractivity contribution in [2.45, 2.75) is 43.9 Å². The average molecular weight is 259 g/mol. The lowest BCUT2D eigenvalue weighted by atomic mass is 10.1. The van der Waals surface area contributed by atoms with Gasteiger partial charge in [-0.15, -0.1) is 0 Å². The highest BCUT2D eigenvalue weighted by Gasteiger charge is 2.16. The van der Waals surface area contributed by atoms with Gasteiger partial charge in [0.2, 0.25) is 10.0 Å². The minimum atomic E-state index is -3.97. The maximum Gasteiger partial charge on any atom is 0.240 e. The molecule has 1 aromatic rings. The van der Waals surface area contributed by atoms with Gasteiger partial charge in [-0.25, -0.2) is 17.9 Å². The van der Waals surface area contributed by atoms with Gasteiger partial charge in [-0.1, -0.05) is 38.3 Å². The molecule has 1 aromatic carbocycles. The molecule has 5 heteroatoms. The molecular formula is C12H18FNO2S. The molecule has 0 spiro atoms. The van der Waals surface area contributed by atoms with E-state index in [0.717, 1.165) is 25.7 Å². The lowest BCUT2D eigenvalue weighted by Crippen LogP contribution is -2.15. The van der Waals surface area contributed by atoms with Crippen molar-refractivity contribution in [2.24, 2.45) is 5.14 Å². The first-order valence-electron chi connectivity index (χ1n) is 5.77. The summed E-state index contributed by atoms with van der Waals surface area (Å²) < 4.78 is 36.1. The molecule has 0 radical (unpaired) electrons. The second kappa shape index (κ2) is 6.12. The minimum Gasteiger partial charge on any atom is -0.225 e. The average Bonchev–Trinajstić information content (AvgIpc) is 2.25. The highest BCUT2D eigenvalue weighted by molar-refractivity contribution is 7.89. The fraction of sp³-hybridized carbons (Fsp3) is 0.500. The topological polar surface area (TPSA) is 60.2 Å². The van der Waals surface area contributed by atoms with Crippen LogP contribution < -0.4 is 5.14 Å². The van der Waals surface area contributed by atoms with E-state index in [2.05, 4.69) is 6.92 Å². The predicted molar refractivity (Wildman–Crippen MR) is 65.6 cm³/mol. The smallest absolute Gasteiger partial charge is 0.225 e. The summed E-state index contributed by atoms with van der Waals surface area (Å²) in [5.74, 6) is -0.702. The quantitative estimate of drug-likeness (QED) is 0.798. The first-order chi connectivity index (χ1) is 7.96. The molecular weight excluding hydrogens is 241 g/mol. The van der Waals surface area contributed by atoms with Crippen LogP contribution >= 0.6 is 0 Å². The summed E-state index contributed by atoms with van der Waals surface area (Å²) in [5, 5.41) is 4.94. The van der Waals surface area contributed by atoms with Crippen molar-refractivity contribution in [1.82, 2.24) is 0 Å². The fourth-order valence-electron chi connectivity index (χ4n) is 1.71. The number of hydrogen-bond acceptors (Lipinski definition) is 2. The summed E-state index contributed by atoms with van der Waals surface area (Å²) in [6, 6.07) is 4.33. The van der Waals surface area contributed by atoms with Crippen LogP contribution in [0.25, 0.3) is 0 Å². The number of hydrogen-bond donors (Lipinski definition) is 1. The van der Waals surface area contributed by atoms with Crippen LogP contribution in [0.1, 0.15) is 38.2 Å². The van der Waals surface area contributed by atoms with Gasteiger partial charge >= 0.3 is 0 Å². The first kappa shape index (κ1) is 14.1. The Bertz CT molecular complexity index is 471. The molecule has 0 unspecified atom stereocenters. The van der Waals surface area contributed by atoms with Crippen LogP contribution in [-0.4, -0.2) is 8.42 Å². The van der Waals surface area contributed by atoms with Crippen LogP contribution in [0.3, 0.4) is 0 Å². The third-order valence-electron chi connectivity index (χ3n) is 2.65. The zero-order chi connectivity index (χ0) is 12.9. The van der Waals surface area contributed by atoms with Crippen molar-refractivity contribution >= 4 is 10.0 Å². The van der Waals surface area contributed by atoms with Gasteiger partial charge < -0.3 is 0 Å². The van der Waals surface area contributed by atoms with Crippen LogP contribution in [-0.2, 0) is 16.4 Å². The van der Waals surface area contributed by atoms with Gasteiger partial charge in [-0.3, -0.25) is 0 Å². The molecule has 0 bridgehead atoms. The van der Waals surface area contributed by atoms with Gasteiger partial charge in [-0.05, 0) is 24.5 Å². The van der Waals surface area contributed by atoms with Gasteiger partial charge in [-0.2, -0.15) is 0 Å². The number of rotatable bonds is 6. The van der Waals surface area contributed by atoms with Crippen molar-refractivity contribution in [3.8, 4) is 0 Å². The van der Waals surface area contributed by atoms with E-state index in [1.165, 1.54) is 12.1 Å². The SMILES string of the molecule is CCCCCCc1cccc(S(N)(=O)=O)c1F. The number of sulfonamides is 1. The van der Waals surface area contributed by atoms with Crippen molar-refractivity contribution < 1.29 is 12.8 Å². The number of aryl methyl sites for hydroxylation is 1. The van der Waals surface area contributed by atoms with E-state index in [-0.39, 0.29) is 0 Å². The largest absolute Gasteiger partial charge is 0.240 e. The van der Waals surface area contributed by atoms with Crippen molar-refractivity contribution in [3.63, 3.8) is 0 Å². The third-order valence-corrected chi connectivity index (χ3v) is 3.58. The van der Waals surface area contributed by atoms with E-state index < -0.39 is 20.7 Å². The molecule has 0 fully saturated rings. The predicted octanol–water partition coefficient (Wildman–Crippen LogP) is 2.60. The maximum absolute atomic E-state index is 13.8. The van der Waals surface area contributed by atoms with Gasteiger partial charge in [0.1, 0.15) is 10.7 Å². The molecule has 0 atom stereocenters. The second-order valence-corrected chi connectivity index (χ2v) is 5.61. The van der Waals surface area contributed by atoms with E-state index >= 15 is 0 Å².